The van der Waals surface area contributed by atoms with Crippen LogP contribution in [-0.4, -0.2) is 29.5 Å². The molecule has 0 spiro atoms. The zero-order chi connectivity index (χ0) is 11.1. The number of amides is 1. The Labute approximate surface area is 94.1 Å². The molecule has 0 bridgehead atoms. The second-order valence-corrected chi connectivity index (χ2v) is 3.58. The molecule has 0 aliphatic rings. The fourth-order valence-corrected chi connectivity index (χ4v) is 1.24. The number of carbonyl (C=O) groups excluding carboxylic acids is 1. The van der Waals surface area contributed by atoms with Gasteiger partial charge in [-0.1, -0.05) is 30.3 Å². The van der Waals surface area contributed by atoms with E-state index in [1.54, 1.807) is 0 Å². The Hall–Kier alpha value is -1.06. The number of aliphatic hydroxyl groups excluding tert-OH is 1. The lowest BCUT2D eigenvalue weighted by Crippen LogP contribution is -2.33. The van der Waals surface area contributed by atoms with Gasteiger partial charge in [-0.25, -0.2) is 0 Å². The molecule has 0 aromatic heterocycles. The summed E-state index contributed by atoms with van der Waals surface area (Å²) in [6, 6.07) is 9.44. The number of carbonyl (C=O) groups is 1. The molecule has 3 nitrogen and oxygen atoms in total. The van der Waals surface area contributed by atoms with Gasteiger partial charge in [0.2, 0.25) is 5.91 Å². The molecule has 1 rings (SSSR count). The number of benzene rings is 1. The lowest BCUT2D eigenvalue weighted by atomic mass is 10.1. The van der Waals surface area contributed by atoms with Crippen LogP contribution in [0.1, 0.15) is 5.56 Å². The van der Waals surface area contributed by atoms with Gasteiger partial charge in [0, 0.05) is 6.54 Å². The van der Waals surface area contributed by atoms with Gasteiger partial charge in [0.15, 0.2) is 0 Å². The van der Waals surface area contributed by atoms with Crippen molar-refractivity contribution in [3.63, 3.8) is 0 Å². The summed E-state index contributed by atoms with van der Waals surface area (Å²) in [5, 5.41) is 11.7. The second-order valence-electron chi connectivity index (χ2n) is 3.27. The van der Waals surface area contributed by atoms with Crippen LogP contribution in [0.25, 0.3) is 0 Å². The van der Waals surface area contributed by atoms with E-state index in [4.69, 9.17) is 16.7 Å². The maximum atomic E-state index is 11.4. The zero-order valence-electron chi connectivity index (χ0n) is 8.32. The van der Waals surface area contributed by atoms with Crippen LogP contribution in [0.15, 0.2) is 30.3 Å². The lowest BCUT2D eigenvalue weighted by molar-refractivity contribution is -0.120. The third kappa shape index (κ3) is 4.81. The fraction of sp³-hybridized carbons (Fsp3) is 0.364. The van der Waals surface area contributed by atoms with Crippen molar-refractivity contribution in [3.8, 4) is 0 Å². The van der Waals surface area contributed by atoms with Crippen molar-refractivity contribution >= 4 is 17.5 Å². The molecule has 0 fully saturated rings. The third-order valence-electron chi connectivity index (χ3n) is 1.92. The molecular formula is C11H14ClNO2. The molecule has 0 heterocycles. The largest absolute Gasteiger partial charge is 0.390 e. The summed E-state index contributed by atoms with van der Waals surface area (Å²) in [5.74, 6) is 0.0244. The van der Waals surface area contributed by atoms with Crippen LogP contribution in [0, 0.1) is 0 Å². The van der Waals surface area contributed by atoms with Crippen molar-refractivity contribution in [3.05, 3.63) is 35.9 Å². The Bertz CT molecular complexity index is 303. The molecule has 1 amide bonds. The molecule has 0 saturated heterocycles. The lowest BCUT2D eigenvalue weighted by Gasteiger charge is -2.08. The average molecular weight is 228 g/mol. The van der Waals surface area contributed by atoms with Crippen LogP contribution >= 0.6 is 11.6 Å². The van der Waals surface area contributed by atoms with E-state index in [1.165, 1.54) is 0 Å². The highest BCUT2D eigenvalue weighted by Gasteiger charge is 2.05. The van der Waals surface area contributed by atoms with Crippen LogP contribution < -0.4 is 5.32 Å². The minimum Gasteiger partial charge on any atom is -0.390 e. The van der Waals surface area contributed by atoms with Gasteiger partial charge in [0.1, 0.15) is 0 Å². The van der Waals surface area contributed by atoms with Crippen molar-refractivity contribution in [1.82, 2.24) is 5.32 Å². The van der Waals surface area contributed by atoms with E-state index >= 15 is 0 Å². The van der Waals surface area contributed by atoms with Gasteiger partial charge < -0.3 is 10.4 Å². The predicted molar refractivity (Wildman–Crippen MR) is 59.9 cm³/mol. The van der Waals surface area contributed by atoms with Gasteiger partial charge in [-0.3, -0.25) is 4.79 Å². The molecule has 0 saturated carbocycles. The molecule has 1 aromatic rings. The van der Waals surface area contributed by atoms with Crippen molar-refractivity contribution in [2.45, 2.75) is 12.5 Å². The number of halogens is 1. The second kappa shape index (κ2) is 6.43. The van der Waals surface area contributed by atoms with Crippen molar-refractivity contribution in [2.24, 2.45) is 0 Å². The topological polar surface area (TPSA) is 49.3 Å². The summed E-state index contributed by atoms with van der Waals surface area (Å²) in [5.41, 5.74) is 0.954. The highest BCUT2D eigenvalue weighted by atomic mass is 35.5. The predicted octanol–water partition coefficient (Wildman–Crippen LogP) is 0.945. The van der Waals surface area contributed by atoms with E-state index in [2.05, 4.69) is 5.32 Å². The first kappa shape index (κ1) is 12.0. The van der Waals surface area contributed by atoms with Crippen LogP contribution in [0.3, 0.4) is 0 Å². The summed E-state index contributed by atoms with van der Waals surface area (Å²) in [4.78, 5) is 11.4. The maximum Gasteiger partial charge on any atom is 0.224 e. The summed E-state index contributed by atoms with van der Waals surface area (Å²) in [6.07, 6.45) is -0.345. The first-order valence-corrected chi connectivity index (χ1v) is 5.30. The molecule has 1 unspecified atom stereocenters. The molecule has 0 radical (unpaired) electrons. The van der Waals surface area contributed by atoms with E-state index in [-0.39, 0.29) is 18.3 Å². The number of hydrogen-bond acceptors (Lipinski definition) is 2. The molecule has 0 aliphatic heterocycles. The minimum atomic E-state index is -0.675. The Morgan fingerprint density at radius 2 is 2.07 bits per heavy atom. The molecule has 15 heavy (non-hydrogen) atoms. The maximum absolute atomic E-state index is 11.4. The molecule has 2 N–H and O–H groups in total. The summed E-state index contributed by atoms with van der Waals surface area (Å²) in [7, 11) is 0. The number of alkyl halides is 1. The van der Waals surface area contributed by atoms with Crippen molar-refractivity contribution in [2.75, 3.05) is 12.4 Å². The number of rotatable bonds is 5. The number of nitrogens with one attached hydrogen (secondary N) is 1. The smallest absolute Gasteiger partial charge is 0.224 e. The van der Waals surface area contributed by atoms with Crippen molar-refractivity contribution < 1.29 is 9.90 Å². The van der Waals surface area contributed by atoms with Gasteiger partial charge in [-0.05, 0) is 5.56 Å². The minimum absolute atomic E-state index is 0.106. The van der Waals surface area contributed by atoms with E-state index < -0.39 is 6.10 Å². The molecule has 4 heteroatoms. The summed E-state index contributed by atoms with van der Waals surface area (Å²) < 4.78 is 0. The van der Waals surface area contributed by atoms with E-state index in [9.17, 15) is 4.79 Å². The van der Waals surface area contributed by atoms with E-state index in [1.807, 2.05) is 30.3 Å². The fourth-order valence-electron chi connectivity index (χ4n) is 1.13. The molecule has 1 atom stereocenters. The number of hydrogen-bond donors (Lipinski definition) is 2. The van der Waals surface area contributed by atoms with Crippen LogP contribution in [-0.2, 0) is 11.2 Å². The van der Waals surface area contributed by atoms with Gasteiger partial charge in [0.25, 0.3) is 0 Å². The Kier molecular flexibility index (Phi) is 5.15. The highest BCUT2D eigenvalue weighted by molar-refractivity contribution is 6.18. The average Bonchev–Trinajstić information content (AvgIpc) is 2.27. The Morgan fingerprint density at radius 1 is 1.40 bits per heavy atom. The summed E-state index contributed by atoms with van der Waals surface area (Å²) >= 11 is 5.39. The monoisotopic (exact) mass is 227 g/mol. The standard InChI is InChI=1S/C11H14ClNO2/c12-7-10(14)8-13-11(15)6-9-4-2-1-3-5-9/h1-5,10,14H,6-8H2,(H,13,15). The SMILES string of the molecule is O=C(Cc1ccccc1)NCC(O)CCl. The molecule has 0 aliphatic carbocycles. The molecule has 1 aromatic carbocycles. The normalized spacial score (nSPS) is 12.1. The van der Waals surface area contributed by atoms with Gasteiger partial charge in [-0.2, -0.15) is 0 Å². The van der Waals surface area contributed by atoms with Gasteiger partial charge >= 0.3 is 0 Å². The quantitative estimate of drug-likeness (QED) is 0.736. The van der Waals surface area contributed by atoms with Gasteiger partial charge in [-0.15, -0.1) is 11.6 Å². The van der Waals surface area contributed by atoms with Crippen LogP contribution in [0.4, 0.5) is 0 Å². The van der Waals surface area contributed by atoms with Crippen LogP contribution in [0.5, 0.6) is 0 Å². The Morgan fingerprint density at radius 3 is 2.67 bits per heavy atom. The van der Waals surface area contributed by atoms with E-state index in [0.29, 0.717) is 6.42 Å². The van der Waals surface area contributed by atoms with E-state index in [0.717, 1.165) is 5.56 Å². The van der Waals surface area contributed by atoms with Crippen molar-refractivity contribution in [1.29, 1.82) is 0 Å². The molecule has 82 valence electrons. The first-order chi connectivity index (χ1) is 7.22. The Balaban J connectivity index is 2.31. The van der Waals surface area contributed by atoms with Gasteiger partial charge in [0.05, 0.1) is 18.4 Å². The molecular weight excluding hydrogens is 214 g/mol. The summed E-state index contributed by atoms with van der Waals surface area (Å²) in [6.45, 7) is 0.204. The third-order valence-corrected chi connectivity index (χ3v) is 2.28. The van der Waals surface area contributed by atoms with Crippen LogP contribution in [0.2, 0.25) is 0 Å². The highest BCUT2D eigenvalue weighted by Crippen LogP contribution is 1.99. The number of aliphatic hydroxyl groups is 1. The first-order valence-electron chi connectivity index (χ1n) is 4.77. The zero-order valence-corrected chi connectivity index (χ0v) is 9.07.